The molecule has 0 saturated heterocycles. The first kappa shape index (κ1) is 14.9. The standard InChI is InChI=1S/C17H17N5O/c1-11-9-12(2)19-17(18-11)22-15(10-13(3)21-22)20-16(23)14-7-5-4-6-8-14/h4-10H,1-3H3,(H,20,23). The molecule has 1 amide bonds. The fourth-order valence-corrected chi connectivity index (χ4v) is 2.32. The van der Waals surface area contributed by atoms with Gasteiger partial charge in [-0.3, -0.25) is 4.79 Å². The highest BCUT2D eigenvalue weighted by atomic mass is 16.1. The van der Waals surface area contributed by atoms with Gasteiger partial charge in [-0.15, -0.1) is 0 Å². The van der Waals surface area contributed by atoms with E-state index in [0.29, 0.717) is 17.3 Å². The average molecular weight is 307 g/mol. The summed E-state index contributed by atoms with van der Waals surface area (Å²) in [6.45, 7) is 5.66. The summed E-state index contributed by atoms with van der Waals surface area (Å²) < 4.78 is 1.55. The van der Waals surface area contributed by atoms with Crippen LogP contribution >= 0.6 is 0 Å². The first-order valence-electron chi connectivity index (χ1n) is 7.28. The van der Waals surface area contributed by atoms with E-state index in [1.807, 2.05) is 45.0 Å². The monoisotopic (exact) mass is 307 g/mol. The van der Waals surface area contributed by atoms with Crippen molar-refractivity contribution in [1.29, 1.82) is 0 Å². The van der Waals surface area contributed by atoms with Gasteiger partial charge in [-0.25, -0.2) is 9.97 Å². The van der Waals surface area contributed by atoms with E-state index in [-0.39, 0.29) is 5.91 Å². The summed E-state index contributed by atoms with van der Waals surface area (Å²) >= 11 is 0. The van der Waals surface area contributed by atoms with Crippen LogP contribution in [0.3, 0.4) is 0 Å². The van der Waals surface area contributed by atoms with Gasteiger partial charge in [0.25, 0.3) is 11.9 Å². The molecule has 2 aromatic heterocycles. The van der Waals surface area contributed by atoms with Gasteiger partial charge in [-0.1, -0.05) is 18.2 Å². The minimum absolute atomic E-state index is 0.198. The number of benzene rings is 1. The Kier molecular flexibility index (Phi) is 3.89. The van der Waals surface area contributed by atoms with Gasteiger partial charge in [-0.2, -0.15) is 9.78 Å². The quantitative estimate of drug-likeness (QED) is 0.807. The smallest absolute Gasteiger partial charge is 0.256 e. The van der Waals surface area contributed by atoms with E-state index in [1.165, 1.54) is 0 Å². The molecule has 0 aliphatic rings. The molecule has 1 N–H and O–H groups in total. The van der Waals surface area contributed by atoms with Crippen LogP contribution < -0.4 is 5.32 Å². The van der Waals surface area contributed by atoms with Crippen LogP contribution in [0, 0.1) is 20.8 Å². The van der Waals surface area contributed by atoms with Crippen molar-refractivity contribution in [3.63, 3.8) is 0 Å². The van der Waals surface area contributed by atoms with Gasteiger partial charge in [0, 0.05) is 23.0 Å². The van der Waals surface area contributed by atoms with Crippen molar-refractivity contribution in [3.8, 4) is 5.95 Å². The van der Waals surface area contributed by atoms with E-state index in [1.54, 1.807) is 22.9 Å². The lowest BCUT2D eigenvalue weighted by Crippen LogP contribution is -2.16. The fraction of sp³-hybridized carbons (Fsp3) is 0.176. The number of hydrogen-bond donors (Lipinski definition) is 1. The zero-order valence-electron chi connectivity index (χ0n) is 13.2. The molecule has 0 saturated carbocycles. The molecule has 0 radical (unpaired) electrons. The van der Waals surface area contributed by atoms with Crippen LogP contribution in [0.4, 0.5) is 5.82 Å². The van der Waals surface area contributed by atoms with Crippen LogP contribution in [0.5, 0.6) is 0 Å². The van der Waals surface area contributed by atoms with Gasteiger partial charge in [0.05, 0.1) is 5.69 Å². The van der Waals surface area contributed by atoms with E-state index in [0.717, 1.165) is 17.1 Å². The van der Waals surface area contributed by atoms with Crippen molar-refractivity contribution in [1.82, 2.24) is 19.7 Å². The predicted octanol–water partition coefficient (Wildman–Crippen LogP) is 2.84. The molecular weight excluding hydrogens is 290 g/mol. The minimum atomic E-state index is -0.198. The molecule has 0 spiro atoms. The Hall–Kier alpha value is -3.02. The minimum Gasteiger partial charge on any atom is -0.306 e. The first-order valence-corrected chi connectivity index (χ1v) is 7.28. The Morgan fingerprint density at radius 1 is 0.957 bits per heavy atom. The summed E-state index contributed by atoms with van der Waals surface area (Å²) in [6.07, 6.45) is 0. The number of amides is 1. The third-order valence-corrected chi connectivity index (χ3v) is 3.27. The summed E-state index contributed by atoms with van der Waals surface area (Å²) in [5.74, 6) is 0.788. The van der Waals surface area contributed by atoms with Gasteiger partial charge < -0.3 is 5.32 Å². The molecule has 3 rings (SSSR count). The van der Waals surface area contributed by atoms with Crippen molar-refractivity contribution in [2.24, 2.45) is 0 Å². The van der Waals surface area contributed by atoms with Crippen LogP contribution in [0.25, 0.3) is 5.95 Å². The molecule has 2 heterocycles. The summed E-state index contributed by atoms with van der Waals surface area (Å²) in [6, 6.07) is 12.7. The van der Waals surface area contributed by atoms with Gasteiger partial charge in [0.15, 0.2) is 0 Å². The van der Waals surface area contributed by atoms with Crippen LogP contribution in [0.15, 0.2) is 42.5 Å². The molecule has 0 fully saturated rings. The summed E-state index contributed by atoms with van der Waals surface area (Å²) in [7, 11) is 0. The molecule has 1 aromatic carbocycles. The molecule has 0 atom stereocenters. The molecule has 0 aliphatic carbocycles. The highest BCUT2D eigenvalue weighted by Gasteiger charge is 2.14. The maximum atomic E-state index is 12.3. The number of anilines is 1. The lowest BCUT2D eigenvalue weighted by Gasteiger charge is -2.08. The second-order valence-corrected chi connectivity index (χ2v) is 5.35. The molecule has 6 nitrogen and oxygen atoms in total. The molecule has 3 aromatic rings. The van der Waals surface area contributed by atoms with E-state index in [4.69, 9.17) is 0 Å². The zero-order chi connectivity index (χ0) is 16.4. The number of carbonyl (C=O) groups is 1. The van der Waals surface area contributed by atoms with Gasteiger partial charge in [-0.05, 0) is 39.0 Å². The number of aryl methyl sites for hydroxylation is 3. The SMILES string of the molecule is Cc1cc(C)nc(-n2nc(C)cc2NC(=O)c2ccccc2)n1. The summed E-state index contributed by atoms with van der Waals surface area (Å²) in [5.41, 5.74) is 3.05. The second kappa shape index (κ2) is 6.00. The van der Waals surface area contributed by atoms with Gasteiger partial charge >= 0.3 is 0 Å². The van der Waals surface area contributed by atoms with Gasteiger partial charge in [0.1, 0.15) is 5.82 Å². The van der Waals surface area contributed by atoms with Crippen LogP contribution in [0.2, 0.25) is 0 Å². The Morgan fingerprint density at radius 3 is 2.26 bits per heavy atom. The maximum Gasteiger partial charge on any atom is 0.256 e. The first-order chi connectivity index (χ1) is 11.0. The second-order valence-electron chi connectivity index (χ2n) is 5.35. The van der Waals surface area contributed by atoms with Crippen LogP contribution in [-0.2, 0) is 0 Å². The number of aromatic nitrogens is 4. The molecule has 0 unspecified atom stereocenters. The normalized spacial score (nSPS) is 10.6. The Bertz CT molecular complexity index is 834. The number of nitrogens with zero attached hydrogens (tertiary/aromatic N) is 4. The Balaban J connectivity index is 1.96. The number of rotatable bonds is 3. The van der Waals surface area contributed by atoms with E-state index in [9.17, 15) is 4.79 Å². The van der Waals surface area contributed by atoms with Crippen LogP contribution in [-0.4, -0.2) is 25.7 Å². The Labute approximate surface area is 134 Å². The average Bonchev–Trinajstić information content (AvgIpc) is 2.88. The highest BCUT2D eigenvalue weighted by Crippen LogP contribution is 2.16. The molecular formula is C17H17N5O. The third-order valence-electron chi connectivity index (χ3n) is 3.27. The molecule has 0 bridgehead atoms. The highest BCUT2D eigenvalue weighted by molar-refractivity contribution is 6.03. The summed E-state index contributed by atoms with van der Waals surface area (Å²) in [4.78, 5) is 21.1. The van der Waals surface area contributed by atoms with Crippen molar-refractivity contribution in [2.45, 2.75) is 20.8 Å². The van der Waals surface area contributed by atoms with Crippen molar-refractivity contribution in [3.05, 3.63) is 65.1 Å². The predicted molar refractivity (Wildman–Crippen MR) is 87.8 cm³/mol. The zero-order valence-corrected chi connectivity index (χ0v) is 13.2. The third kappa shape index (κ3) is 3.26. The van der Waals surface area contributed by atoms with Crippen molar-refractivity contribution in [2.75, 3.05) is 5.32 Å². The molecule has 6 heteroatoms. The Morgan fingerprint density at radius 2 is 1.61 bits per heavy atom. The largest absolute Gasteiger partial charge is 0.306 e. The van der Waals surface area contributed by atoms with Crippen LogP contribution in [0.1, 0.15) is 27.4 Å². The molecule has 0 aliphatic heterocycles. The lowest BCUT2D eigenvalue weighted by molar-refractivity contribution is 0.102. The number of carbonyl (C=O) groups excluding carboxylic acids is 1. The number of hydrogen-bond acceptors (Lipinski definition) is 4. The fourth-order valence-electron chi connectivity index (χ4n) is 2.32. The van der Waals surface area contributed by atoms with E-state index < -0.39 is 0 Å². The van der Waals surface area contributed by atoms with E-state index in [2.05, 4.69) is 20.4 Å². The van der Waals surface area contributed by atoms with E-state index >= 15 is 0 Å². The summed E-state index contributed by atoms with van der Waals surface area (Å²) in [5, 5.41) is 7.25. The number of nitrogens with one attached hydrogen (secondary N) is 1. The maximum absolute atomic E-state index is 12.3. The lowest BCUT2D eigenvalue weighted by atomic mass is 10.2. The van der Waals surface area contributed by atoms with Crippen molar-refractivity contribution >= 4 is 11.7 Å². The van der Waals surface area contributed by atoms with Crippen molar-refractivity contribution < 1.29 is 4.79 Å². The topological polar surface area (TPSA) is 72.7 Å². The molecule has 23 heavy (non-hydrogen) atoms. The molecule has 116 valence electrons. The van der Waals surface area contributed by atoms with Gasteiger partial charge in [0.2, 0.25) is 0 Å².